The van der Waals surface area contributed by atoms with Crippen LogP contribution in [0.15, 0.2) is 118 Å². The number of carbonyl (C=O) groups is 4. The lowest BCUT2D eigenvalue weighted by Crippen LogP contribution is -2.40. The smallest absolute Gasteiger partial charge is 0.422 e. The lowest BCUT2D eigenvalue weighted by molar-refractivity contribution is -0.123. The van der Waals surface area contributed by atoms with Crippen molar-refractivity contribution in [1.29, 1.82) is 0 Å². The number of hydrogen-bond acceptors (Lipinski definition) is 10. The van der Waals surface area contributed by atoms with Gasteiger partial charge in [0.25, 0.3) is 11.8 Å². The summed E-state index contributed by atoms with van der Waals surface area (Å²) in [7, 11) is -6.82. The highest BCUT2D eigenvalue weighted by atomic mass is 32.2. The van der Waals surface area contributed by atoms with Gasteiger partial charge in [-0.3, -0.25) is 9.59 Å². The highest BCUT2D eigenvalue weighted by Gasteiger charge is 2.54. The molecule has 4 aromatic rings. The standard InChI is InChI=1S/C42H40N2O10S2/c1-41(2,3)53-39(47)43-35(29-13-9-25(10-14-29)27-17-21-31(22-18-27)55(7,49)50)33-34(37(43)45)36(44(38(33)46)40(48)54-42(4,5)6)30-15-11-26(12-16-30)28-19-23-32(24-20-28)56(8,51)52/h9-24H,1-8H3. The van der Waals surface area contributed by atoms with Crippen LogP contribution in [0.5, 0.6) is 0 Å². The van der Waals surface area contributed by atoms with Crippen molar-refractivity contribution in [1.82, 2.24) is 9.80 Å². The Labute approximate surface area is 325 Å². The molecule has 0 spiro atoms. The largest absolute Gasteiger partial charge is 0.443 e. The van der Waals surface area contributed by atoms with E-state index in [0.717, 1.165) is 22.3 Å². The van der Waals surface area contributed by atoms with Crippen LogP contribution < -0.4 is 0 Å². The van der Waals surface area contributed by atoms with E-state index in [1.807, 2.05) is 0 Å². The highest BCUT2D eigenvalue weighted by Crippen LogP contribution is 2.48. The molecule has 0 aromatic heterocycles. The summed E-state index contributed by atoms with van der Waals surface area (Å²) in [6.45, 7) is 9.83. The van der Waals surface area contributed by atoms with Gasteiger partial charge in [-0.2, -0.15) is 0 Å². The van der Waals surface area contributed by atoms with Gasteiger partial charge >= 0.3 is 12.2 Å². The van der Waals surface area contributed by atoms with Gasteiger partial charge in [0.15, 0.2) is 19.7 Å². The van der Waals surface area contributed by atoms with Crippen LogP contribution in [0.25, 0.3) is 33.6 Å². The molecule has 0 N–H and O–H groups in total. The van der Waals surface area contributed by atoms with Crippen LogP contribution in [-0.4, -0.2) is 74.3 Å². The zero-order chi connectivity index (χ0) is 41.1. The molecule has 2 heterocycles. The van der Waals surface area contributed by atoms with E-state index in [9.17, 15) is 36.0 Å². The maximum atomic E-state index is 14.6. The van der Waals surface area contributed by atoms with Gasteiger partial charge in [0.1, 0.15) is 11.2 Å². The molecule has 2 aliphatic heterocycles. The topological polar surface area (TPSA) is 162 Å². The monoisotopic (exact) mass is 796 g/mol. The van der Waals surface area contributed by atoms with Gasteiger partial charge in [0.05, 0.1) is 32.3 Å². The van der Waals surface area contributed by atoms with Crippen LogP contribution in [0.2, 0.25) is 0 Å². The molecule has 0 aliphatic carbocycles. The van der Waals surface area contributed by atoms with Crippen LogP contribution in [0.3, 0.4) is 0 Å². The number of carbonyl (C=O) groups excluding carboxylic acids is 4. The molecule has 0 saturated heterocycles. The predicted molar refractivity (Wildman–Crippen MR) is 210 cm³/mol. The molecular formula is C42H40N2O10S2. The van der Waals surface area contributed by atoms with Crippen LogP contribution >= 0.6 is 0 Å². The minimum Gasteiger partial charge on any atom is -0.443 e. The molecule has 290 valence electrons. The van der Waals surface area contributed by atoms with E-state index in [-0.39, 0.29) is 43.5 Å². The molecule has 56 heavy (non-hydrogen) atoms. The van der Waals surface area contributed by atoms with Crippen molar-refractivity contribution in [3.05, 3.63) is 119 Å². The molecule has 0 atom stereocenters. The maximum absolute atomic E-state index is 14.6. The van der Waals surface area contributed by atoms with E-state index >= 15 is 0 Å². The molecule has 0 fully saturated rings. The number of amides is 4. The Balaban J connectivity index is 1.52. The summed E-state index contributed by atoms with van der Waals surface area (Å²) in [5.74, 6) is -1.78. The normalized spacial score (nSPS) is 15.1. The van der Waals surface area contributed by atoms with Crippen molar-refractivity contribution in [3.63, 3.8) is 0 Å². The molecular weight excluding hydrogens is 757 g/mol. The molecule has 14 heteroatoms. The fraction of sp³-hybridized carbons (Fsp3) is 0.238. The Bertz CT molecular complexity index is 2390. The van der Waals surface area contributed by atoms with E-state index in [2.05, 4.69) is 0 Å². The number of rotatable bonds is 6. The summed E-state index contributed by atoms with van der Waals surface area (Å²) in [6, 6.07) is 25.8. The van der Waals surface area contributed by atoms with Crippen LogP contribution in [0.4, 0.5) is 9.59 Å². The lowest BCUT2D eigenvalue weighted by atomic mass is 9.98. The summed E-state index contributed by atoms with van der Waals surface area (Å²) in [5, 5.41) is 0. The number of nitrogens with zero attached hydrogens (tertiary/aromatic N) is 2. The Morgan fingerprint density at radius 3 is 0.911 bits per heavy atom. The molecule has 4 amide bonds. The Kier molecular flexibility index (Phi) is 9.97. The van der Waals surface area contributed by atoms with Gasteiger partial charge in [-0.25, -0.2) is 36.2 Å². The predicted octanol–water partition coefficient (Wildman–Crippen LogP) is 7.50. The third-order valence-corrected chi connectivity index (χ3v) is 11.0. The molecule has 4 aromatic carbocycles. The van der Waals surface area contributed by atoms with Gasteiger partial charge in [-0.1, -0.05) is 72.8 Å². The van der Waals surface area contributed by atoms with E-state index in [0.29, 0.717) is 22.3 Å². The number of hydrogen-bond donors (Lipinski definition) is 0. The van der Waals surface area contributed by atoms with Crippen molar-refractivity contribution >= 4 is 55.1 Å². The van der Waals surface area contributed by atoms with E-state index in [1.165, 1.54) is 24.3 Å². The fourth-order valence-corrected chi connectivity index (χ4v) is 7.51. The molecule has 0 unspecified atom stereocenters. The number of sulfone groups is 2. The van der Waals surface area contributed by atoms with Crippen molar-refractivity contribution < 1.29 is 45.5 Å². The molecule has 2 aliphatic rings. The van der Waals surface area contributed by atoms with Crippen molar-refractivity contribution in [3.8, 4) is 22.3 Å². The van der Waals surface area contributed by atoms with Crippen molar-refractivity contribution in [2.45, 2.75) is 62.5 Å². The van der Waals surface area contributed by atoms with Crippen molar-refractivity contribution in [2.24, 2.45) is 0 Å². The second-order valence-corrected chi connectivity index (χ2v) is 19.5. The van der Waals surface area contributed by atoms with E-state index in [4.69, 9.17) is 9.47 Å². The number of ether oxygens (including phenoxy) is 2. The Morgan fingerprint density at radius 2 is 0.679 bits per heavy atom. The molecule has 0 bridgehead atoms. The van der Waals surface area contributed by atoms with Gasteiger partial charge in [0, 0.05) is 12.5 Å². The van der Waals surface area contributed by atoms with Gasteiger partial charge in [0.2, 0.25) is 0 Å². The van der Waals surface area contributed by atoms with Crippen LogP contribution in [0.1, 0.15) is 52.7 Å². The maximum Gasteiger partial charge on any atom is 0.422 e. The van der Waals surface area contributed by atoms with Gasteiger partial charge in [-0.05, 0) is 99.2 Å². The van der Waals surface area contributed by atoms with Crippen molar-refractivity contribution in [2.75, 3.05) is 12.5 Å². The summed E-state index contributed by atoms with van der Waals surface area (Å²) < 4.78 is 59.3. The molecule has 6 rings (SSSR count). The Hall–Kier alpha value is -5.86. The first kappa shape index (κ1) is 39.8. The van der Waals surface area contributed by atoms with E-state index < -0.39 is 54.9 Å². The fourth-order valence-electron chi connectivity index (χ4n) is 6.24. The molecule has 12 nitrogen and oxygen atoms in total. The van der Waals surface area contributed by atoms with E-state index in [1.54, 1.807) is 114 Å². The lowest BCUT2D eigenvalue weighted by Gasteiger charge is -2.27. The second-order valence-electron chi connectivity index (χ2n) is 15.4. The third kappa shape index (κ3) is 7.93. The zero-order valence-corrected chi connectivity index (χ0v) is 33.7. The van der Waals surface area contributed by atoms with Gasteiger partial charge in [-0.15, -0.1) is 0 Å². The number of imide groups is 2. The average Bonchev–Trinajstić information content (AvgIpc) is 3.57. The third-order valence-electron chi connectivity index (χ3n) is 8.71. The number of benzene rings is 4. The minimum absolute atomic E-state index is 0.0885. The second kappa shape index (κ2) is 14.0. The average molecular weight is 797 g/mol. The van der Waals surface area contributed by atoms with Gasteiger partial charge < -0.3 is 9.47 Å². The zero-order valence-electron chi connectivity index (χ0n) is 32.0. The number of fused-ring (bicyclic) bond motifs is 1. The first-order valence-corrected chi connectivity index (χ1v) is 21.2. The summed E-state index contributed by atoms with van der Waals surface area (Å²) in [4.78, 5) is 58.8. The Morgan fingerprint density at radius 1 is 0.446 bits per heavy atom. The van der Waals surface area contributed by atoms with Crippen LogP contribution in [-0.2, 0) is 38.7 Å². The summed E-state index contributed by atoms with van der Waals surface area (Å²) in [5.41, 5.74) is 0.708. The summed E-state index contributed by atoms with van der Waals surface area (Å²) in [6.07, 6.45) is 0.172. The molecule has 0 saturated carbocycles. The molecule has 0 radical (unpaired) electrons. The quantitative estimate of drug-likeness (QED) is 0.191. The highest BCUT2D eigenvalue weighted by molar-refractivity contribution is 7.91. The summed E-state index contributed by atoms with van der Waals surface area (Å²) >= 11 is 0. The first-order valence-electron chi connectivity index (χ1n) is 17.4. The van der Waals surface area contributed by atoms with Crippen LogP contribution in [0, 0.1) is 0 Å². The first-order chi connectivity index (χ1) is 25.9. The SMILES string of the molecule is CC(C)(C)OC(=O)N1C(=O)C2=C(c3ccc(-c4ccc(S(C)(=O)=O)cc4)cc3)N(C(=O)OC(C)(C)C)C(=O)C2=C1c1ccc(-c2ccc(S(C)(=O)=O)cc2)cc1. The minimum atomic E-state index is -3.41.